The van der Waals surface area contributed by atoms with Crippen molar-refractivity contribution in [2.45, 2.75) is 18.6 Å². The van der Waals surface area contributed by atoms with E-state index in [0.717, 1.165) is 16.9 Å². The summed E-state index contributed by atoms with van der Waals surface area (Å²) in [7, 11) is 0. The van der Waals surface area contributed by atoms with Crippen molar-refractivity contribution in [2.24, 2.45) is 0 Å². The van der Waals surface area contributed by atoms with Gasteiger partial charge in [0.05, 0.1) is 0 Å². The van der Waals surface area contributed by atoms with Gasteiger partial charge in [-0.05, 0) is 17.2 Å². The van der Waals surface area contributed by atoms with Crippen molar-refractivity contribution in [1.29, 1.82) is 0 Å². The molecule has 106 valence electrons. The lowest BCUT2D eigenvalue weighted by Gasteiger charge is -2.33. The van der Waals surface area contributed by atoms with Crippen LogP contribution in [0, 0.1) is 0 Å². The number of hydrogen-bond acceptors (Lipinski definition) is 3. The lowest BCUT2D eigenvalue weighted by Crippen LogP contribution is -2.34. The summed E-state index contributed by atoms with van der Waals surface area (Å²) in [5, 5.41) is 0. The zero-order valence-electron chi connectivity index (χ0n) is 11.6. The van der Waals surface area contributed by atoms with Crippen molar-refractivity contribution in [1.82, 2.24) is 0 Å². The molecule has 3 heteroatoms. The van der Waals surface area contributed by atoms with Gasteiger partial charge in [0.2, 0.25) is 0 Å². The van der Waals surface area contributed by atoms with Crippen LogP contribution in [0.25, 0.3) is 0 Å². The molecule has 2 aromatic carbocycles. The van der Waals surface area contributed by atoms with Crippen molar-refractivity contribution in [2.75, 3.05) is 0 Å². The normalized spacial score (nSPS) is 20.0. The lowest BCUT2D eigenvalue weighted by molar-refractivity contribution is -0.149. The number of esters is 1. The molecule has 3 nitrogen and oxygen atoms in total. The summed E-state index contributed by atoms with van der Waals surface area (Å²) in [6.07, 6.45) is 1.16. The van der Waals surface area contributed by atoms with Crippen LogP contribution in [0.3, 0.4) is 0 Å². The third-order valence-electron chi connectivity index (χ3n) is 3.55. The van der Waals surface area contributed by atoms with Crippen LogP contribution in [0.4, 0.5) is 0 Å². The van der Waals surface area contributed by atoms with Gasteiger partial charge >= 0.3 is 5.97 Å². The first-order valence-electron chi connectivity index (χ1n) is 6.90. The van der Waals surface area contributed by atoms with Crippen LogP contribution >= 0.6 is 0 Å². The molecule has 2 atom stereocenters. The third-order valence-corrected chi connectivity index (χ3v) is 3.55. The first kappa shape index (κ1) is 13.4. The Bertz CT molecular complexity index is 649. The minimum atomic E-state index is -0.427. The van der Waals surface area contributed by atoms with Crippen molar-refractivity contribution in [3.63, 3.8) is 0 Å². The minimum absolute atomic E-state index is 0.301. The lowest BCUT2D eigenvalue weighted by atomic mass is 9.94. The molecule has 0 saturated carbocycles. The molecule has 1 heterocycles. The Hall–Kier alpha value is -2.55. The van der Waals surface area contributed by atoms with E-state index in [1.54, 1.807) is 0 Å². The van der Waals surface area contributed by atoms with Gasteiger partial charge in [-0.25, -0.2) is 4.79 Å². The standard InChI is InChI=1S/C18H16O3/c1-2-17(19)20-16-12-14-10-6-7-11-15(14)21-18(16)13-8-4-3-5-9-13/h2-11,16,18H,1,12H2/t16?,18-/m0/s1. The highest BCUT2D eigenvalue weighted by molar-refractivity contribution is 5.81. The number of para-hydroxylation sites is 1. The van der Waals surface area contributed by atoms with E-state index in [1.165, 1.54) is 6.08 Å². The van der Waals surface area contributed by atoms with Gasteiger partial charge in [0, 0.05) is 12.5 Å². The summed E-state index contributed by atoms with van der Waals surface area (Å²) in [4.78, 5) is 11.6. The second kappa shape index (κ2) is 5.83. The maximum atomic E-state index is 11.6. The fraction of sp³-hybridized carbons (Fsp3) is 0.167. The number of benzene rings is 2. The predicted molar refractivity (Wildman–Crippen MR) is 80.0 cm³/mol. The fourth-order valence-corrected chi connectivity index (χ4v) is 2.55. The second-order valence-electron chi connectivity index (χ2n) is 4.94. The zero-order valence-corrected chi connectivity index (χ0v) is 11.6. The van der Waals surface area contributed by atoms with Crippen LogP contribution in [-0.4, -0.2) is 12.1 Å². The molecule has 0 bridgehead atoms. The first-order chi connectivity index (χ1) is 10.3. The molecule has 0 saturated heterocycles. The summed E-state index contributed by atoms with van der Waals surface area (Å²) >= 11 is 0. The van der Waals surface area contributed by atoms with Crippen molar-refractivity contribution in [3.05, 3.63) is 78.4 Å². The van der Waals surface area contributed by atoms with Crippen LogP contribution < -0.4 is 4.74 Å². The molecule has 0 spiro atoms. The van der Waals surface area contributed by atoms with E-state index in [9.17, 15) is 4.79 Å². The van der Waals surface area contributed by atoms with E-state index in [0.29, 0.717) is 6.42 Å². The molecule has 3 rings (SSSR count). The van der Waals surface area contributed by atoms with Crippen molar-refractivity contribution < 1.29 is 14.3 Å². The largest absolute Gasteiger partial charge is 0.482 e. The topological polar surface area (TPSA) is 35.5 Å². The van der Waals surface area contributed by atoms with E-state index >= 15 is 0 Å². The van der Waals surface area contributed by atoms with Gasteiger partial charge in [-0.1, -0.05) is 55.1 Å². The highest BCUT2D eigenvalue weighted by Gasteiger charge is 2.33. The van der Waals surface area contributed by atoms with Gasteiger partial charge in [-0.2, -0.15) is 0 Å². The van der Waals surface area contributed by atoms with E-state index in [4.69, 9.17) is 9.47 Å². The van der Waals surface area contributed by atoms with Crippen LogP contribution in [0.2, 0.25) is 0 Å². The van der Waals surface area contributed by atoms with Gasteiger partial charge in [0.25, 0.3) is 0 Å². The van der Waals surface area contributed by atoms with Gasteiger partial charge in [-0.3, -0.25) is 0 Å². The van der Waals surface area contributed by atoms with Gasteiger partial charge in [0.1, 0.15) is 11.9 Å². The molecule has 0 amide bonds. The SMILES string of the molecule is C=CC(=O)OC1Cc2ccccc2O[C@H]1c1ccccc1. The average Bonchev–Trinajstić information content (AvgIpc) is 2.55. The first-order valence-corrected chi connectivity index (χ1v) is 6.90. The Morgan fingerprint density at radius 3 is 2.62 bits per heavy atom. The predicted octanol–water partition coefficient (Wildman–Crippen LogP) is 3.46. The molecule has 0 aromatic heterocycles. The summed E-state index contributed by atoms with van der Waals surface area (Å²) in [6, 6.07) is 17.6. The molecule has 2 aromatic rings. The van der Waals surface area contributed by atoms with Crippen LogP contribution in [0.1, 0.15) is 17.2 Å². The van der Waals surface area contributed by atoms with Crippen LogP contribution in [-0.2, 0) is 16.0 Å². The average molecular weight is 280 g/mol. The summed E-state index contributed by atoms with van der Waals surface area (Å²) in [5.41, 5.74) is 2.04. The molecule has 0 fully saturated rings. The Morgan fingerprint density at radius 1 is 1.14 bits per heavy atom. The highest BCUT2D eigenvalue weighted by Crippen LogP contribution is 2.36. The highest BCUT2D eigenvalue weighted by atomic mass is 16.6. The smallest absolute Gasteiger partial charge is 0.330 e. The van der Waals surface area contributed by atoms with Gasteiger partial charge < -0.3 is 9.47 Å². The molecule has 0 radical (unpaired) electrons. The molecule has 0 aliphatic carbocycles. The molecule has 1 aliphatic rings. The molecule has 1 aliphatic heterocycles. The molecular formula is C18H16O3. The van der Waals surface area contributed by atoms with E-state index in [1.807, 2.05) is 54.6 Å². The van der Waals surface area contributed by atoms with Gasteiger partial charge in [-0.15, -0.1) is 0 Å². The quantitative estimate of drug-likeness (QED) is 0.638. The summed E-state index contributed by atoms with van der Waals surface area (Å²) in [6.45, 7) is 3.45. The van der Waals surface area contributed by atoms with Gasteiger partial charge in [0.15, 0.2) is 6.10 Å². The second-order valence-corrected chi connectivity index (χ2v) is 4.94. The van der Waals surface area contributed by atoms with Crippen LogP contribution in [0.15, 0.2) is 67.3 Å². The van der Waals surface area contributed by atoms with E-state index < -0.39 is 5.97 Å². The number of ether oxygens (including phenoxy) is 2. The van der Waals surface area contributed by atoms with Crippen molar-refractivity contribution in [3.8, 4) is 5.75 Å². The molecule has 1 unspecified atom stereocenters. The number of fused-ring (bicyclic) bond motifs is 1. The fourth-order valence-electron chi connectivity index (χ4n) is 2.55. The zero-order chi connectivity index (χ0) is 14.7. The maximum absolute atomic E-state index is 11.6. The van der Waals surface area contributed by atoms with Crippen LogP contribution in [0.5, 0.6) is 5.75 Å². The summed E-state index contributed by atoms with van der Waals surface area (Å²) < 4.78 is 11.5. The number of carbonyl (C=O) groups excluding carboxylic acids is 1. The number of carbonyl (C=O) groups is 1. The maximum Gasteiger partial charge on any atom is 0.330 e. The molecule has 0 N–H and O–H groups in total. The monoisotopic (exact) mass is 280 g/mol. The molecule has 21 heavy (non-hydrogen) atoms. The Labute approximate surface area is 123 Å². The Kier molecular flexibility index (Phi) is 3.73. The molecular weight excluding hydrogens is 264 g/mol. The Balaban J connectivity index is 1.94. The summed E-state index contributed by atoms with van der Waals surface area (Å²) in [5.74, 6) is 0.418. The third kappa shape index (κ3) is 2.82. The number of hydrogen-bond donors (Lipinski definition) is 0. The number of rotatable bonds is 3. The van der Waals surface area contributed by atoms with E-state index in [2.05, 4.69) is 6.58 Å². The van der Waals surface area contributed by atoms with E-state index in [-0.39, 0.29) is 12.2 Å². The Morgan fingerprint density at radius 2 is 1.86 bits per heavy atom. The van der Waals surface area contributed by atoms with Crippen molar-refractivity contribution >= 4 is 5.97 Å². The minimum Gasteiger partial charge on any atom is -0.482 e.